The summed E-state index contributed by atoms with van der Waals surface area (Å²) in [6.45, 7) is 8.80. The van der Waals surface area contributed by atoms with E-state index in [0.717, 1.165) is 0 Å². The van der Waals surface area contributed by atoms with Crippen molar-refractivity contribution in [2.75, 3.05) is 18.5 Å². The minimum Gasteiger partial charge on any atom is -0.444 e. The standard InChI is InChI=1S/C12H19N3O3/c1-11(2,3)18-10(16)14-9-5-13-15(6-9)12(4)7-17-8-12/h5-6H,7-8H2,1-4H3,(H,14,16). The summed E-state index contributed by atoms with van der Waals surface area (Å²) in [4.78, 5) is 11.6. The Morgan fingerprint density at radius 1 is 1.56 bits per heavy atom. The molecule has 2 rings (SSSR count). The van der Waals surface area contributed by atoms with Gasteiger partial charge in [0.2, 0.25) is 0 Å². The van der Waals surface area contributed by atoms with Crippen LogP contribution in [0.5, 0.6) is 0 Å². The van der Waals surface area contributed by atoms with Crippen LogP contribution in [0.1, 0.15) is 27.7 Å². The zero-order chi connectivity index (χ0) is 13.4. The van der Waals surface area contributed by atoms with Gasteiger partial charge in [0.05, 0.1) is 25.1 Å². The van der Waals surface area contributed by atoms with Gasteiger partial charge >= 0.3 is 6.09 Å². The van der Waals surface area contributed by atoms with Crippen LogP contribution in [0.3, 0.4) is 0 Å². The summed E-state index contributed by atoms with van der Waals surface area (Å²) in [5.41, 5.74) is 0.0132. The molecule has 0 unspecified atom stereocenters. The maximum absolute atomic E-state index is 11.6. The van der Waals surface area contributed by atoms with Crippen LogP contribution in [0.15, 0.2) is 12.4 Å². The van der Waals surface area contributed by atoms with E-state index in [0.29, 0.717) is 18.9 Å². The Hall–Kier alpha value is -1.56. The van der Waals surface area contributed by atoms with Crippen LogP contribution in [-0.4, -0.2) is 34.7 Å². The first-order valence-electron chi connectivity index (χ1n) is 5.91. The first-order chi connectivity index (χ1) is 8.28. The molecular formula is C12H19N3O3. The Kier molecular flexibility index (Phi) is 3.06. The Balaban J connectivity index is 1.97. The highest BCUT2D eigenvalue weighted by atomic mass is 16.6. The van der Waals surface area contributed by atoms with Gasteiger partial charge in [0.25, 0.3) is 0 Å². The fourth-order valence-corrected chi connectivity index (χ4v) is 1.63. The summed E-state index contributed by atoms with van der Waals surface area (Å²) in [7, 11) is 0. The summed E-state index contributed by atoms with van der Waals surface area (Å²) in [6, 6.07) is 0. The van der Waals surface area contributed by atoms with Crippen LogP contribution in [0.4, 0.5) is 10.5 Å². The van der Waals surface area contributed by atoms with Crippen molar-refractivity contribution in [1.82, 2.24) is 9.78 Å². The van der Waals surface area contributed by atoms with Gasteiger partial charge in [-0.2, -0.15) is 5.10 Å². The van der Waals surface area contributed by atoms with Gasteiger partial charge in [-0.1, -0.05) is 0 Å². The third-order valence-electron chi connectivity index (χ3n) is 2.61. The molecule has 100 valence electrons. The molecule has 0 spiro atoms. The van der Waals surface area contributed by atoms with Crippen molar-refractivity contribution in [3.05, 3.63) is 12.4 Å². The summed E-state index contributed by atoms with van der Waals surface area (Å²) < 4.78 is 12.1. The highest BCUT2D eigenvalue weighted by Gasteiger charge is 2.36. The summed E-state index contributed by atoms with van der Waals surface area (Å²) in [5, 5.41) is 6.88. The quantitative estimate of drug-likeness (QED) is 0.875. The van der Waals surface area contributed by atoms with Gasteiger partial charge in [0, 0.05) is 6.20 Å². The van der Waals surface area contributed by atoms with Crippen LogP contribution in [-0.2, 0) is 15.0 Å². The molecular weight excluding hydrogens is 234 g/mol. The SMILES string of the molecule is CC(C)(C)OC(=O)Nc1cnn(C2(C)COC2)c1. The molecule has 1 amide bonds. The van der Waals surface area contributed by atoms with Gasteiger partial charge in [0.1, 0.15) is 11.1 Å². The monoisotopic (exact) mass is 253 g/mol. The molecule has 1 fully saturated rings. The maximum Gasteiger partial charge on any atom is 0.412 e. The van der Waals surface area contributed by atoms with Crippen LogP contribution in [0.25, 0.3) is 0 Å². The fourth-order valence-electron chi connectivity index (χ4n) is 1.63. The van der Waals surface area contributed by atoms with Crippen LogP contribution in [0.2, 0.25) is 0 Å². The summed E-state index contributed by atoms with van der Waals surface area (Å²) in [5.74, 6) is 0. The van der Waals surface area contributed by atoms with Gasteiger partial charge in [-0.05, 0) is 27.7 Å². The van der Waals surface area contributed by atoms with Crippen molar-refractivity contribution in [3.8, 4) is 0 Å². The first-order valence-corrected chi connectivity index (χ1v) is 5.91. The molecule has 0 radical (unpaired) electrons. The molecule has 0 atom stereocenters. The van der Waals surface area contributed by atoms with Crippen molar-refractivity contribution in [1.29, 1.82) is 0 Å². The second-order valence-electron chi connectivity index (χ2n) is 5.79. The number of nitrogens with zero attached hydrogens (tertiary/aromatic N) is 2. The van der Waals surface area contributed by atoms with E-state index in [1.54, 1.807) is 12.4 Å². The molecule has 0 saturated carbocycles. The molecule has 18 heavy (non-hydrogen) atoms. The molecule has 0 aromatic carbocycles. The van der Waals surface area contributed by atoms with Gasteiger partial charge in [-0.3, -0.25) is 10.00 Å². The number of anilines is 1. The van der Waals surface area contributed by atoms with Gasteiger partial charge in [0.15, 0.2) is 0 Å². The second kappa shape index (κ2) is 4.28. The zero-order valence-electron chi connectivity index (χ0n) is 11.2. The number of hydrogen-bond acceptors (Lipinski definition) is 4. The Morgan fingerprint density at radius 3 is 2.72 bits per heavy atom. The zero-order valence-corrected chi connectivity index (χ0v) is 11.2. The number of amides is 1. The highest BCUT2D eigenvalue weighted by molar-refractivity contribution is 5.84. The van der Waals surface area contributed by atoms with Gasteiger partial charge < -0.3 is 9.47 Å². The number of nitrogens with one attached hydrogen (secondary N) is 1. The van der Waals surface area contributed by atoms with Crippen molar-refractivity contribution >= 4 is 11.8 Å². The van der Waals surface area contributed by atoms with Crippen molar-refractivity contribution < 1.29 is 14.3 Å². The molecule has 6 nitrogen and oxygen atoms in total. The predicted octanol–water partition coefficient (Wildman–Crippen LogP) is 1.98. The van der Waals surface area contributed by atoms with E-state index in [-0.39, 0.29) is 5.54 Å². The van der Waals surface area contributed by atoms with Gasteiger partial charge in [-0.25, -0.2) is 4.79 Å². The van der Waals surface area contributed by atoms with Crippen molar-refractivity contribution in [2.45, 2.75) is 38.8 Å². The van der Waals surface area contributed by atoms with Gasteiger partial charge in [-0.15, -0.1) is 0 Å². The molecule has 6 heteroatoms. The predicted molar refractivity (Wildman–Crippen MR) is 66.6 cm³/mol. The third kappa shape index (κ3) is 2.81. The minimum atomic E-state index is -0.506. The summed E-state index contributed by atoms with van der Waals surface area (Å²) in [6.07, 6.45) is 2.91. The number of carbonyl (C=O) groups is 1. The topological polar surface area (TPSA) is 65.4 Å². The van der Waals surface area contributed by atoms with E-state index in [1.165, 1.54) is 0 Å². The van der Waals surface area contributed by atoms with E-state index in [9.17, 15) is 4.79 Å². The van der Waals surface area contributed by atoms with Crippen LogP contribution >= 0.6 is 0 Å². The molecule has 2 heterocycles. The van der Waals surface area contributed by atoms with E-state index < -0.39 is 11.7 Å². The molecule has 0 bridgehead atoms. The van der Waals surface area contributed by atoms with Crippen LogP contribution in [0, 0.1) is 0 Å². The number of hydrogen-bond donors (Lipinski definition) is 1. The lowest BCUT2D eigenvalue weighted by atomic mass is 10.0. The lowest BCUT2D eigenvalue weighted by molar-refractivity contribution is -0.0957. The average Bonchev–Trinajstić information content (AvgIpc) is 2.59. The Morgan fingerprint density at radius 2 is 2.22 bits per heavy atom. The first kappa shape index (κ1) is 12.9. The number of rotatable bonds is 2. The lowest BCUT2D eigenvalue weighted by Crippen LogP contribution is -2.49. The minimum absolute atomic E-state index is 0.103. The van der Waals surface area contributed by atoms with Crippen molar-refractivity contribution in [2.24, 2.45) is 0 Å². The number of aromatic nitrogens is 2. The Labute approximate surface area is 106 Å². The van der Waals surface area contributed by atoms with E-state index in [1.807, 2.05) is 25.5 Å². The smallest absolute Gasteiger partial charge is 0.412 e. The summed E-state index contributed by atoms with van der Waals surface area (Å²) >= 11 is 0. The molecule has 1 aliphatic rings. The van der Waals surface area contributed by atoms with E-state index >= 15 is 0 Å². The fraction of sp³-hybridized carbons (Fsp3) is 0.667. The molecule has 1 aliphatic heterocycles. The van der Waals surface area contributed by atoms with Crippen LogP contribution < -0.4 is 5.32 Å². The molecule has 0 aliphatic carbocycles. The maximum atomic E-state index is 11.6. The number of carbonyl (C=O) groups excluding carboxylic acids is 1. The third-order valence-corrected chi connectivity index (χ3v) is 2.61. The lowest BCUT2D eigenvalue weighted by Gasteiger charge is -2.38. The second-order valence-corrected chi connectivity index (χ2v) is 5.79. The average molecular weight is 253 g/mol. The molecule has 1 aromatic rings. The number of ether oxygens (including phenoxy) is 2. The van der Waals surface area contributed by atoms with E-state index in [4.69, 9.17) is 9.47 Å². The van der Waals surface area contributed by atoms with Crippen molar-refractivity contribution in [3.63, 3.8) is 0 Å². The molecule has 1 aromatic heterocycles. The largest absolute Gasteiger partial charge is 0.444 e. The Bertz CT molecular complexity index is 444. The highest BCUT2D eigenvalue weighted by Crippen LogP contribution is 2.25. The van der Waals surface area contributed by atoms with E-state index in [2.05, 4.69) is 17.3 Å². The molecule has 1 saturated heterocycles. The molecule has 1 N–H and O–H groups in total. The normalized spacial score (nSPS) is 18.0.